The van der Waals surface area contributed by atoms with Gasteiger partial charge in [-0.3, -0.25) is 9.13 Å². The van der Waals surface area contributed by atoms with Gasteiger partial charge in [-0.1, -0.05) is 78.9 Å². The van der Waals surface area contributed by atoms with Gasteiger partial charge in [-0.05, 0) is 64.9 Å². The van der Waals surface area contributed by atoms with Crippen LogP contribution >= 0.6 is 0 Å². The van der Waals surface area contributed by atoms with Crippen molar-refractivity contribution in [1.29, 1.82) is 0 Å². The van der Waals surface area contributed by atoms with Crippen LogP contribution in [0.5, 0.6) is 0 Å². The van der Waals surface area contributed by atoms with Gasteiger partial charge >= 0.3 is 0 Å². The van der Waals surface area contributed by atoms with Gasteiger partial charge in [0.2, 0.25) is 0 Å². The SMILES string of the molecule is Fc1cccc(F)c1-c1nc2nc(-c3ccccc3)cc3c2n1-c1cccc2c1B3c1cc(-c3ccccc3)nc3nc(-c4c(F)cccc4F)n-2c13. The highest BCUT2D eigenvalue weighted by Crippen LogP contribution is 2.39. The summed E-state index contributed by atoms with van der Waals surface area (Å²) in [5.74, 6) is -3.00. The molecule has 6 nitrogen and oxygen atoms in total. The van der Waals surface area contributed by atoms with Crippen LogP contribution in [-0.4, -0.2) is 35.8 Å². The number of benzene rings is 5. The largest absolute Gasteiger partial charge is 0.291 e. The molecule has 0 unspecified atom stereocenters. The van der Waals surface area contributed by atoms with Crippen molar-refractivity contribution in [3.8, 4) is 56.7 Å². The van der Waals surface area contributed by atoms with E-state index in [2.05, 4.69) is 0 Å². The van der Waals surface area contributed by atoms with E-state index >= 15 is 17.6 Å². The third-order valence-corrected chi connectivity index (χ3v) is 10.3. The van der Waals surface area contributed by atoms with Gasteiger partial charge in [0, 0.05) is 22.5 Å². The third-order valence-electron chi connectivity index (χ3n) is 10.3. The number of nitrogens with zero attached hydrogens (tertiary/aromatic N) is 6. The van der Waals surface area contributed by atoms with E-state index in [1.54, 1.807) is 15.2 Å². The van der Waals surface area contributed by atoms with Crippen LogP contribution in [0.4, 0.5) is 17.6 Å². The van der Waals surface area contributed by atoms with Crippen molar-refractivity contribution < 1.29 is 17.6 Å². The molecule has 6 heterocycles. The van der Waals surface area contributed by atoms with E-state index in [1.165, 1.54) is 36.4 Å². The van der Waals surface area contributed by atoms with Crippen molar-refractivity contribution in [1.82, 2.24) is 29.1 Å². The highest BCUT2D eigenvalue weighted by molar-refractivity contribution is 7.00. The molecular formula is C42H21BF4N6. The summed E-state index contributed by atoms with van der Waals surface area (Å²) in [6, 6.07) is 36.2. The monoisotopic (exact) mass is 696 g/mol. The van der Waals surface area contributed by atoms with E-state index in [1.807, 2.05) is 84.9 Å². The molecule has 53 heavy (non-hydrogen) atoms. The van der Waals surface area contributed by atoms with E-state index in [0.717, 1.165) is 27.5 Å². The zero-order chi connectivity index (χ0) is 35.5. The second-order valence-corrected chi connectivity index (χ2v) is 13.1. The average molecular weight is 696 g/mol. The molecule has 0 bridgehead atoms. The van der Waals surface area contributed by atoms with Crippen LogP contribution in [0.3, 0.4) is 0 Å². The minimum Gasteiger partial charge on any atom is -0.291 e. The highest BCUT2D eigenvalue weighted by Gasteiger charge is 2.43. The van der Waals surface area contributed by atoms with Crippen LogP contribution < -0.4 is 16.4 Å². The smallest absolute Gasteiger partial charge is 0.252 e. The first-order chi connectivity index (χ1) is 26.0. The van der Waals surface area contributed by atoms with Gasteiger partial charge in [0.1, 0.15) is 23.3 Å². The maximum Gasteiger partial charge on any atom is 0.252 e. The second kappa shape index (κ2) is 10.8. The minimum absolute atomic E-state index is 0.0445. The van der Waals surface area contributed by atoms with Crippen LogP contribution in [-0.2, 0) is 0 Å². The Hall–Kier alpha value is -6.88. The Morgan fingerprint density at radius 1 is 0.434 bits per heavy atom. The summed E-state index contributed by atoms with van der Waals surface area (Å²) in [5.41, 5.74) is 7.69. The molecule has 0 atom stereocenters. The van der Waals surface area contributed by atoms with Gasteiger partial charge < -0.3 is 0 Å². The molecule has 4 aromatic heterocycles. The first kappa shape index (κ1) is 29.8. The molecule has 11 heteroatoms. The molecule has 0 fully saturated rings. The Morgan fingerprint density at radius 2 is 0.830 bits per heavy atom. The predicted molar refractivity (Wildman–Crippen MR) is 198 cm³/mol. The Morgan fingerprint density at radius 3 is 1.25 bits per heavy atom. The van der Waals surface area contributed by atoms with Crippen LogP contribution in [0.25, 0.3) is 79.0 Å². The lowest BCUT2D eigenvalue weighted by Crippen LogP contribution is -2.59. The summed E-state index contributed by atoms with van der Waals surface area (Å²) in [7, 11) is 0. The van der Waals surface area contributed by atoms with E-state index in [9.17, 15) is 0 Å². The van der Waals surface area contributed by atoms with Crippen molar-refractivity contribution >= 4 is 45.4 Å². The second-order valence-electron chi connectivity index (χ2n) is 13.1. The Labute approximate surface area is 298 Å². The third kappa shape index (κ3) is 4.10. The quantitative estimate of drug-likeness (QED) is 0.141. The summed E-state index contributed by atoms with van der Waals surface area (Å²) in [6.45, 7) is -0.479. The van der Waals surface area contributed by atoms with Crippen LogP contribution in [0.2, 0.25) is 0 Å². The molecule has 2 aliphatic rings. The van der Waals surface area contributed by atoms with Crippen molar-refractivity contribution in [3.05, 3.63) is 151 Å². The molecule has 0 aliphatic carbocycles. The molecule has 9 aromatic rings. The fourth-order valence-electron chi connectivity index (χ4n) is 8.10. The summed E-state index contributed by atoms with van der Waals surface area (Å²) in [6.07, 6.45) is 0. The number of fused-ring (bicyclic) bond motifs is 4. The maximum absolute atomic E-state index is 15.7. The molecule has 0 radical (unpaired) electrons. The van der Waals surface area contributed by atoms with E-state index < -0.39 is 30.0 Å². The van der Waals surface area contributed by atoms with Crippen molar-refractivity contribution in [2.45, 2.75) is 0 Å². The number of rotatable bonds is 4. The highest BCUT2D eigenvalue weighted by atomic mass is 19.1. The van der Waals surface area contributed by atoms with E-state index in [-0.39, 0.29) is 22.8 Å². The lowest BCUT2D eigenvalue weighted by atomic mass is 9.34. The van der Waals surface area contributed by atoms with Gasteiger partial charge in [0.05, 0.1) is 33.5 Å². The van der Waals surface area contributed by atoms with Gasteiger partial charge in [0.25, 0.3) is 6.71 Å². The summed E-state index contributed by atoms with van der Waals surface area (Å²) < 4.78 is 66.2. The standard InChI is InChI=1S/C42H21BF4N6/c44-26-14-7-15-27(45)34(26)41-50-39-37-24(20-30(48-39)22-10-3-1-4-11-22)43-25-21-31(23-12-5-2-6-13-23)49-40-38(25)53(33-19-9-18-32(36(33)43)52(37)41)42(51-40)35-28(46)16-8-17-29(35)47/h1-21H. The van der Waals surface area contributed by atoms with Crippen LogP contribution in [0.1, 0.15) is 0 Å². The number of hydrogen-bond acceptors (Lipinski definition) is 4. The number of pyridine rings is 2. The van der Waals surface area contributed by atoms with Gasteiger partial charge in [-0.15, -0.1) is 0 Å². The Balaban J connectivity index is 1.33. The molecule has 11 rings (SSSR count). The Bertz CT molecular complexity index is 2780. The molecule has 250 valence electrons. The fraction of sp³-hybridized carbons (Fsp3) is 0. The Kier molecular flexibility index (Phi) is 6.09. The number of imidazole rings is 2. The van der Waals surface area contributed by atoms with Gasteiger partial charge in [0.15, 0.2) is 22.9 Å². The molecule has 0 saturated carbocycles. The lowest BCUT2D eigenvalue weighted by molar-refractivity contribution is 0.586. The number of hydrogen-bond donors (Lipinski definition) is 0. The number of halogens is 4. The first-order valence-electron chi connectivity index (χ1n) is 17.0. The van der Waals surface area contributed by atoms with Gasteiger partial charge in [-0.2, -0.15) is 0 Å². The lowest BCUT2D eigenvalue weighted by Gasteiger charge is -2.33. The maximum atomic E-state index is 15.7. The topological polar surface area (TPSA) is 61.4 Å². The predicted octanol–water partition coefficient (Wildman–Crippen LogP) is 7.52. The summed E-state index contributed by atoms with van der Waals surface area (Å²) in [4.78, 5) is 19.7. The van der Waals surface area contributed by atoms with E-state index in [4.69, 9.17) is 19.9 Å². The molecule has 0 spiro atoms. The van der Waals surface area contributed by atoms with Crippen LogP contribution in [0.15, 0.2) is 127 Å². The molecule has 0 N–H and O–H groups in total. The summed E-state index contributed by atoms with van der Waals surface area (Å²) in [5, 5.41) is 0. The van der Waals surface area contributed by atoms with Gasteiger partial charge in [-0.25, -0.2) is 37.5 Å². The van der Waals surface area contributed by atoms with Crippen LogP contribution in [0, 0.1) is 23.3 Å². The molecule has 2 aliphatic heterocycles. The molecule has 5 aromatic carbocycles. The van der Waals surface area contributed by atoms with Crippen molar-refractivity contribution in [3.63, 3.8) is 0 Å². The molecule has 0 amide bonds. The summed E-state index contributed by atoms with van der Waals surface area (Å²) >= 11 is 0. The molecule has 0 saturated heterocycles. The zero-order valence-electron chi connectivity index (χ0n) is 27.4. The van der Waals surface area contributed by atoms with E-state index in [0.29, 0.717) is 45.1 Å². The fourth-order valence-corrected chi connectivity index (χ4v) is 8.10. The normalized spacial score (nSPS) is 12.5. The van der Waals surface area contributed by atoms with Crippen molar-refractivity contribution in [2.24, 2.45) is 0 Å². The minimum atomic E-state index is -0.772. The first-order valence-corrected chi connectivity index (χ1v) is 17.0. The average Bonchev–Trinajstić information content (AvgIpc) is 3.75. The van der Waals surface area contributed by atoms with Crippen molar-refractivity contribution in [2.75, 3.05) is 0 Å². The molecular weight excluding hydrogens is 675 g/mol. The zero-order valence-corrected chi connectivity index (χ0v) is 27.4. The number of aromatic nitrogens is 6.